The maximum Gasteiger partial charge on any atom is 0.202 e. The summed E-state index contributed by atoms with van der Waals surface area (Å²) >= 11 is 0. The summed E-state index contributed by atoms with van der Waals surface area (Å²) in [6.45, 7) is 55.5. The van der Waals surface area contributed by atoms with Gasteiger partial charge >= 0.3 is 0 Å². The fourth-order valence-electron chi connectivity index (χ4n) is 18.1. The van der Waals surface area contributed by atoms with Crippen LogP contribution in [0, 0.1) is 91.2 Å². The van der Waals surface area contributed by atoms with E-state index in [-0.39, 0.29) is 34.2 Å². The van der Waals surface area contributed by atoms with Crippen molar-refractivity contribution in [1.82, 2.24) is 9.97 Å². The Labute approximate surface area is 636 Å². The third-order valence-electron chi connectivity index (χ3n) is 23.3. The molecule has 0 spiro atoms. The predicted molar refractivity (Wildman–Crippen MR) is 450 cm³/mol. The van der Waals surface area contributed by atoms with Crippen molar-refractivity contribution in [3.8, 4) is 70.1 Å². The first kappa shape index (κ1) is 78.5. The molecule has 106 heavy (non-hydrogen) atoms. The van der Waals surface area contributed by atoms with E-state index in [1.54, 1.807) is 12.1 Å². The van der Waals surface area contributed by atoms with Gasteiger partial charge in [0.15, 0.2) is 46.4 Å². The lowest BCUT2D eigenvalue weighted by molar-refractivity contribution is 0.838. The van der Waals surface area contributed by atoms with E-state index in [0.717, 1.165) is 22.3 Å². The van der Waals surface area contributed by atoms with Crippen LogP contribution in [0.2, 0.25) is 66.5 Å². The molecule has 540 valence electrons. The number of aromatic nitrogens is 2. The van der Waals surface area contributed by atoms with Gasteiger partial charge in [0.2, 0.25) is 11.6 Å². The zero-order chi connectivity index (χ0) is 77.4. The second-order valence-corrected chi connectivity index (χ2v) is 54.7. The standard InChI is InChI=1S/C88H102N14Si4/c1-55(2)103(56(3)4,57(5)6)45-41-67-25-33-73(34-26-67)99-79-49-71(51-89)77(53-91)93-83(79)101(75-37-29-69(30-38-75)43-47-105(61(13)14,62(15)16)63(17)18)87-85(99)95-81(97-87)82-96-86-88(98-82)102(76-39-31-70(32-40-76)44-48-106(64(19)20,65(21)22)66(23)24)84-80(50-72(52-90)78(54-92)94-84)100(86)74-35-27-68(28-36-74)42-46-104(58(7)8,59(9)10)60(11)12/h25-40,49-50,55-66H,1-24H3/b82-81-. The molecular formula is C88H102N14Si4. The SMILES string of the molecule is CC(C)[Si](C#Cc1ccc(N2C3=N/C(=C4\N=C5C(=N4)N(c4ccc(C#C[Si](C(C)C)(C(C)C)C(C)C)cc4)c4nc(C#N)c(C#N)cc4N5c4ccc(C#C[Si](C(C)C)(C(C)C)C(C)C)cc4)N=C3N(c3ccc(C#C[Si](C(C)C)(C(C)C)C(C)C)cc3)c3nc(C#N)c(C#N)cc32)cc1)(C(C)C)C(C)C. The average molecular weight is 1470 g/mol. The molecule has 4 aliphatic heterocycles. The molecular weight excluding hydrogens is 1370 g/mol. The molecule has 0 N–H and O–H groups in total. The quantitative estimate of drug-likeness (QED) is 0.0667. The fourth-order valence-corrected chi connectivity index (χ4v) is 39.0. The van der Waals surface area contributed by atoms with Crippen molar-refractivity contribution in [1.29, 1.82) is 21.0 Å². The van der Waals surface area contributed by atoms with Crippen LogP contribution < -0.4 is 19.6 Å². The molecule has 4 aromatic carbocycles. The number of hydrogen-bond acceptors (Lipinski definition) is 14. The van der Waals surface area contributed by atoms with E-state index in [9.17, 15) is 21.0 Å². The normalized spacial score (nSPS) is 14.9. The lowest BCUT2D eigenvalue weighted by Gasteiger charge is -2.38. The summed E-state index contributed by atoms with van der Waals surface area (Å²) in [5.74, 6) is 17.0. The molecule has 0 atom stereocenters. The molecule has 0 amide bonds. The molecule has 6 heterocycles. The Kier molecular flexibility index (Phi) is 23.0. The van der Waals surface area contributed by atoms with Gasteiger partial charge in [-0.3, -0.25) is 19.6 Å². The van der Waals surface area contributed by atoms with Crippen molar-refractivity contribution >= 4 is 101 Å². The Balaban J connectivity index is 1.25. The fraction of sp³-hybridized carbons (Fsp3) is 0.409. The second-order valence-electron chi connectivity index (χ2n) is 32.4. The molecule has 10 rings (SSSR count). The average Bonchev–Trinajstić information content (AvgIpc) is 1.47. The highest BCUT2D eigenvalue weighted by molar-refractivity contribution is 6.92. The van der Waals surface area contributed by atoms with Gasteiger partial charge in [0.25, 0.3) is 0 Å². The molecule has 0 fully saturated rings. The first-order valence-electron chi connectivity index (χ1n) is 37.8. The Morgan fingerprint density at radius 1 is 0.274 bits per heavy atom. The van der Waals surface area contributed by atoms with Crippen molar-refractivity contribution < 1.29 is 0 Å². The Hall–Kier alpha value is -10.1. The van der Waals surface area contributed by atoms with Crippen LogP contribution in [-0.4, -0.2) is 65.6 Å². The zero-order valence-electron chi connectivity index (χ0n) is 66.6. The predicted octanol–water partition coefficient (Wildman–Crippen LogP) is 22.3. The summed E-state index contributed by atoms with van der Waals surface area (Å²) in [7, 11) is -8.46. The van der Waals surface area contributed by atoms with E-state index in [0.29, 0.717) is 136 Å². The van der Waals surface area contributed by atoms with Gasteiger partial charge in [0.1, 0.15) is 56.6 Å². The minimum atomic E-state index is -2.11. The maximum absolute atomic E-state index is 10.8. The lowest BCUT2D eigenvalue weighted by atomic mass is 10.1. The second kappa shape index (κ2) is 31.1. The molecule has 0 radical (unpaired) electrons. The third-order valence-corrected chi connectivity index (χ3v) is 48.4. The van der Waals surface area contributed by atoms with Crippen molar-refractivity contribution in [3.63, 3.8) is 0 Å². The minimum Gasteiger partial charge on any atom is -0.288 e. The van der Waals surface area contributed by atoms with Gasteiger partial charge < -0.3 is 0 Å². The third kappa shape index (κ3) is 13.8. The van der Waals surface area contributed by atoms with E-state index in [1.165, 1.54) is 0 Å². The molecule has 4 aliphatic rings. The molecule has 0 unspecified atom stereocenters. The lowest BCUT2D eigenvalue weighted by Crippen LogP contribution is -2.46. The van der Waals surface area contributed by atoms with E-state index >= 15 is 0 Å². The summed E-state index contributed by atoms with van der Waals surface area (Å²) < 4.78 is 0. The summed E-state index contributed by atoms with van der Waals surface area (Å²) in [4.78, 5) is 39.8. The Bertz CT molecular complexity index is 4310. The van der Waals surface area contributed by atoms with Crippen molar-refractivity contribution in [2.75, 3.05) is 19.6 Å². The number of nitriles is 4. The maximum atomic E-state index is 10.8. The van der Waals surface area contributed by atoms with Gasteiger partial charge in [-0.05, 0) is 176 Å². The number of nitrogens with zero attached hydrogens (tertiary/aromatic N) is 14. The van der Waals surface area contributed by atoms with E-state index in [1.807, 2.05) is 117 Å². The Morgan fingerprint density at radius 3 is 0.660 bits per heavy atom. The number of fused-ring (bicyclic) bond motifs is 4. The van der Waals surface area contributed by atoms with Crippen molar-refractivity contribution in [3.05, 3.63) is 166 Å². The minimum absolute atomic E-state index is 0.0547. The largest absolute Gasteiger partial charge is 0.288 e. The number of aliphatic imine (C=N–C) groups is 4. The Morgan fingerprint density at radius 2 is 0.472 bits per heavy atom. The first-order valence-corrected chi connectivity index (χ1v) is 46.7. The number of amidine groups is 4. The molecule has 18 heteroatoms. The topological polar surface area (TPSA) is 183 Å². The highest BCUT2D eigenvalue weighted by Gasteiger charge is 2.48. The number of hydrogen-bond donors (Lipinski definition) is 0. The number of benzene rings is 4. The summed E-state index contributed by atoms with van der Waals surface area (Å²) in [6.07, 6.45) is 0. The van der Waals surface area contributed by atoms with Gasteiger partial charge in [0.05, 0.1) is 22.5 Å². The zero-order valence-corrected chi connectivity index (χ0v) is 70.6. The summed E-state index contributed by atoms with van der Waals surface area (Å²) in [5, 5.41) is 43.2. The summed E-state index contributed by atoms with van der Waals surface area (Å²) in [5.41, 5.74) is 27.9. The molecule has 0 aliphatic carbocycles. The van der Waals surface area contributed by atoms with Crippen LogP contribution in [0.15, 0.2) is 141 Å². The molecule has 14 nitrogen and oxygen atoms in total. The molecule has 0 saturated carbocycles. The molecule has 0 saturated heterocycles. The van der Waals surface area contributed by atoms with Crippen molar-refractivity contribution in [2.45, 2.75) is 233 Å². The number of rotatable bonds is 16. The highest BCUT2D eigenvalue weighted by atomic mass is 28.3. The van der Waals surface area contributed by atoms with Gasteiger partial charge in [-0.2, -0.15) is 21.0 Å². The number of pyridine rings is 2. The molecule has 2 aromatic heterocycles. The van der Waals surface area contributed by atoms with Gasteiger partial charge in [-0.25, -0.2) is 29.9 Å². The van der Waals surface area contributed by atoms with Crippen LogP contribution in [0.25, 0.3) is 0 Å². The number of anilines is 8. The van der Waals surface area contributed by atoms with Crippen LogP contribution in [0.5, 0.6) is 0 Å². The van der Waals surface area contributed by atoms with E-state index in [2.05, 4.69) is 236 Å². The van der Waals surface area contributed by atoms with Gasteiger partial charge in [-0.1, -0.05) is 190 Å². The monoisotopic (exact) mass is 1470 g/mol. The van der Waals surface area contributed by atoms with Crippen LogP contribution in [0.3, 0.4) is 0 Å². The molecule has 0 bridgehead atoms. The highest BCUT2D eigenvalue weighted by Crippen LogP contribution is 2.50. The van der Waals surface area contributed by atoms with Crippen LogP contribution in [-0.2, 0) is 0 Å². The van der Waals surface area contributed by atoms with Crippen LogP contribution in [0.4, 0.5) is 45.8 Å². The van der Waals surface area contributed by atoms with Crippen molar-refractivity contribution in [2.24, 2.45) is 20.0 Å². The first-order chi connectivity index (χ1) is 50.2. The van der Waals surface area contributed by atoms with Gasteiger partial charge in [0, 0.05) is 45.0 Å². The van der Waals surface area contributed by atoms with Gasteiger partial charge in [-0.15, -0.1) is 22.2 Å². The molecule has 6 aromatic rings. The van der Waals surface area contributed by atoms with E-state index < -0.39 is 32.3 Å². The van der Waals surface area contributed by atoms with Crippen LogP contribution in [0.1, 0.15) is 211 Å². The summed E-state index contributed by atoms with van der Waals surface area (Å²) in [6, 6.07) is 44.5. The van der Waals surface area contributed by atoms with Crippen LogP contribution >= 0.6 is 0 Å². The van der Waals surface area contributed by atoms with E-state index in [4.69, 9.17) is 29.9 Å². The smallest absolute Gasteiger partial charge is 0.202 e.